The molecule has 2 atom stereocenters. The van der Waals surface area contributed by atoms with Gasteiger partial charge in [0, 0.05) is 16.6 Å². The maximum absolute atomic E-state index is 13.2. The highest BCUT2D eigenvalue weighted by Gasteiger charge is 2.30. The molecule has 4 rings (SSSR count). The van der Waals surface area contributed by atoms with Crippen LogP contribution in [0.1, 0.15) is 54.7 Å². The lowest BCUT2D eigenvalue weighted by atomic mass is 9.78. The van der Waals surface area contributed by atoms with E-state index in [1.165, 1.54) is 6.42 Å². The van der Waals surface area contributed by atoms with Gasteiger partial charge in [-0.25, -0.2) is 0 Å². The maximum atomic E-state index is 13.2. The molecule has 1 aliphatic carbocycles. The van der Waals surface area contributed by atoms with Crippen molar-refractivity contribution < 1.29 is 4.79 Å². The van der Waals surface area contributed by atoms with Crippen LogP contribution < -0.4 is 5.32 Å². The summed E-state index contributed by atoms with van der Waals surface area (Å²) < 4.78 is 1.82. The number of rotatable bonds is 5. The summed E-state index contributed by atoms with van der Waals surface area (Å²) in [6.07, 6.45) is 3.47. The van der Waals surface area contributed by atoms with Crippen molar-refractivity contribution in [3.05, 3.63) is 74.4 Å². The Morgan fingerprint density at radius 2 is 1.73 bits per heavy atom. The number of carbonyl (C=O) groups is 1. The average Bonchev–Trinajstić information content (AvgIpc) is 3.19. The fourth-order valence-corrected chi connectivity index (χ4v) is 5.14. The van der Waals surface area contributed by atoms with E-state index < -0.39 is 0 Å². The summed E-state index contributed by atoms with van der Waals surface area (Å²) in [7, 11) is 0. The molecule has 2 unspecified atom stereocenters. The summed E-state index contributed by atoms with van der Waals surface area (Å²) in [4.78, 5) is 13.2. The first kappa shape index (κ1) is 24.1. The van der Waals surface area contributed by atoms with Crippen LogP contribution in [0.15, 0.2) is 42.5 Å². The van der Waals surface area contributed by atoms with Gasteiger partial charge in [-0.15, -0.1) is 0 Å². The Bertz CT molecular complexity index is 1160. The molecule has 33 heavy (non-hydrogen) atoms. The topological polar surface area (TPSA) is 46.9 Å². The van der Waals surface area contributed by atoms with Gasteiger partial charge in [0.15, 0.2) is 5.69 Å². The minimum atomic E-state index is -0.150. The number of aromatic nitrogens is 2. The van der Waals surface area contributed by atoms with Crippen molar-refractivity contribution in [1.29, 1.82) is 0 Å². The third-order valence-electron chi connectivity index (χ3n) is 6.64. The molecule has 1 amide bonds. The van der Waals surface area contributed by atoms with Gasteiger partial charge in [-0.05, 0) is 67.0 Å². The Hall–Kier alpha value is -2.01. The van der Waals surface area contributed by atoms with Crippen LogP contribution in [0.4, 0.5) is 0 Å². The first-order valence-corrected chi connectivity index (χ1v) is 12.5. The molecule has 3 aromatic rings. The molecule has 2 aromatic carbocycles. The van der Waals surface area contributed by atoms with Gasteiger partial charge in [0.05, 0.1) is 22.3 Å². The molecule has 0 saturated heterocycles. The third kappa shape index (κ3) is 5.40. The van der Waals surface area contributed by atoms with E-state index in [9.17, 15) is 4.79 Å². The molecular formula is C26H28Cl3N3O. The van der Waals surface area contributed by atoms with Crippen molar-refractivity contribution in [2.45, 2.75) is 52.6 Å². The van der Waals surface area contributed by atoms with Crippen molar-refractivity contribution in [2.24, 2.45) is 11.8 Å². The number of hydrogen-bond acceptors (Lipinski definition) is 2. The molecule has 7 heteroatoms. The Labute approximate surface area is 210 Å². The van der Waals surface area contributed by atoms with Gasteiger partial charge in [0.25, 0.3) is 5.91 Å². The molecule has 1 aromatic heterocycles. The first-order valence-electron chi connectivity index (χ1n) is 11.3. The lowest BCUT2D eigenvalue weighted by Crippen LogP contribution is -2.45. The van der Waals surface area contributed by atoms with Crippen LogP contribution >= 0.6 is 34.8 Å². The molecule has 4 nitrogen and oxygen atoms in total. The van der Waals surface area contributed by atoms with E-state index in [4.69, 9.17) is 34.8 Å². The molecule has 0 radical (unpaired) electrons. The van der Waals surface area contributed by atoms with Gasteiger partial charge >= 0.3 is 0 Å². The highest BCUT2D eigenvalue weighted by molar-refractivity contribution is 6.42. The number of amides is 1. The molecule has 0 spiro atoms. The van der Waals surface area contributed by atoms with Crippen LogP contribution in [0, 0.1) is 18.8 Å². The smallest absolute Gasteiger partial charge is 0.272 e. The first-order chi connectivity index (χ1) is 15.7. The van der Waals surface area contributed by atoms with E-state index in [0.29, 0.717) is 39.1 Å². The van der Waals surface area contributed by atoms with Gasteiger partial charge in [0.2, 0.25) is 0 Å². The lowest BCUT2D eigenvalue weighted by molar-refractivity contribution is 0.0874. The Morgan fingerprint density at radius 3 is 2.39 bits per heavy atom. The molecule has 1 N–H and O–H groups in total. The molecule has 1 heterocycles. The van der Waals surface area contributed by atoms with Crippen LogP contribution in [-0.4, -0.2) is 21.7 Å². The SMILES string of the molecule is Cc1ccc(Cn2nc(C(=O)NC3C(C)CCCC3C)cc2-c2ccc(Cl)c(Cl)c2)cc1Cl. The Morgan fingerprint density at radius 1 is 1.00 bits per heavy atom. The van der Waals surface area contributed by atoms with Gasteiger partial charge in [0.1, 0.15) is 0 Å². The number of aryl methyl sites for hydroxylation is 1. The quantitative estimate of drug-likeness (QED) is 0.393. The number of hydrogen-bond donors (Lipinski definition) is 1. The molecule has 174 valence electrons. The zero-order chi connectivity index (χ0) is 23.7. The monoisotopic (exact) mass is 503 g/mol. The van der Waals surface area contributed by atoms with Crippen molar-refractivity contribution in [1.82, 2.24) is 15.1 Å². The molecule has 0 aliphatic heterocycles. The Kier molecular flexibility index (Phi) is 7.37. The van der Waals surface area contributed by atoms with Gasteiger partial charge in [-0.3, -0.25) is 9.48 Å². The van der Waals surface area contributed by atoms with E-state index in [2.05, 4.69) is 24.3 Å². The van der Waals surface area contributed by atoms with Gasteiger partial charge in [-0.2, -0.15) is 5.10 Å². The third-order valence-corrected chi connectivity index (χ3v) is 7.79. The largest absolute Gasteiger partial charge is 0.347 e. The molecule has 1 aliphatic rings. The second-order valence-corrected chi connectivity index (χ2v) is 10.4. The van der Waals surface area contributed by atoms with Gasteiger partial charge < -0.3 is 5.32 Å². The molecule has 1 fully saturated rings. The van der Waals surface area contributed by atoms with Crippen molar-refractivity contribution in [3.63, 3.8) is 0 Å². The van der Waals surface area contributed by atoms with Crippen molar-refractivity contribution >= 4 is 40.7 Å². The normalized spacial score (nSPS) is 20.6. The zero-order valence-corrected chi connectivity index (χ0v) is 21.3. The molecule has 0 bridgehead atoms. The summed E-state index contributed by atoms with van der Waals surface area (Å²) >= 11 is 18.8. The average molecular weight is 505 g/mol. The van der Waals surface area contributed by atoms with Crippen LogP contribution in [0.25, 0.3) is 11.3 Å². The van der Waals surface area contributed by atoms with Crippen molar-refractivity contribution in [2.75, 3.05) is 0 Å². The number of nitrogens with zero attached hydrogens (tertiary/aromatic N) is 2. The maximum Gasteiger partial charge on any atom is 0.272 e. The standard InChI is InChI=1S/C26H28Cl3N3O/c1-15-7-8-18(11-21(15)28)14-32-24(19-9-10-20(27)22(29)12-19)13-23(31-32)26(33)30-25-16(2)5-4-6-17(25)3/h7-13,16-17,25H,4-6,14H2,1-3H3,(H,30,33). The van der Waals surface area contributed by atoms with E-state index in [1.54, 1.807) is 12.1 Å². The molecule has 1 saturated carbocycles. The van der Waals surface area contributed by atoms with E-state index in [0.717, 1.165) is 35.2 Å². The Balaban J connectivity index is 1.68. The fraction of sp³-hybridized carbons (Fsp3) is 0.385. The van der Waals surface area contributed by atoms with Crippen LogP contribution in [0.3, 0.4) is 0 Å². The highest BCUT2D eigenvalue weighted by atomic mass is 35.5. The minimum absolute atomic E-state index is 0.150. The van der Waals surface area contributed by atoms with Gasteiger partial charge in [-0.1, -0.05) is 73.3 Å². The summed E-state index contributed by atoms with van der Waals surface area (Å²) in [5.74, 6) is 0.746. The zero-order valence-electron chi connectivity index (χ0n) is 19.0. The lowest BCUT2D eigenvalue weighted by Gasteiger charge is -2.34. The number of carbonyl (C=O) groups excluding carboxylic acids is 1. The summed E-state index contributed by atoms with van der Waals surface area (Å²) in [6, 6.07) is 13.4. The summed E-state index contributed by atoms with van der Waals surface area (Å²) in [6.45, 7) is 6.86. The number of nitrogens with one attached hydrogen (secondary N) is 1. The van der Waals surface area contributed by atoms with E-state index >= 15 is 0 Å². The second kappa shape index (κ2) is 10.1. The predicted molar refractivity (Wildman–Crippen MR) is 136 cm³/mol. The highest BCUT2D eigenvalue weighted by Crippen LogP contribution is 2.31. The second-order valence-electron chi connectivity index (χ2n) is 9.17. The summed E-state index contributed by atoms with van der Waals surface area (Å²) in [5, 5.41) is 9.57. The van der Waals surface area contributed by atoms with Crippen molar-refractivity contribution in [3.8, 4) is 11.3 Å². The minimum Gasteiger partial charge on any atom is -0.347 e. The van der Waals surface area contributed by atoms with Crippen LogP contribution in [0.5, 0.6) is 0 Å². The van der Waals surface area contributed by atoms with Crippen LogP contribution in [-0.2, 0) is 6.54 Å². The number of benzene rings is 2. The predicted octanol–water partition coefficient (Wildman–Crippen LogP) is 7.42. The van der Waals surface area contributed by atoms with E-state index in [-0.39, 0.29) is 11.9 Å². The summed E-state index contributed by atoms with van der Waals surface area (Å²) in [5.41, 5.74) is 4.03. The fourth-order valence-electron chi connectivity index (χ4n) is 4.64. The number of halogens is 3. The van der Waals surface area contributed by atoms with Crippen LogP contribution in [0.2, 0.25) is 15.1 Å². The van der Waals surface area contributed by atoms with E-state index in [1.807, 2.05) is 41.9 Å². The molecular weight excluding hydrogens is 477 g/mol.